The predicted molar refractivity (Wildman–Crippen MR) is 79.5 cm³/mol. The maximum Gasteiger partial charge on any atom is 0.0443 e. The molecule has 1 aromatic carbocycles. The number of hydrogen-bond acceptors (Lipinski definition) is 3. The first-order chi connectivity index (χ1) is 9.28. The third-order valence-corrected chi connectivity index (χ3v) is 3.89. The number of aliphatic hydroxyl groups excluding tert-OH is 1. The number of aliphatic hydroxyl groups is 1. The molecule has 0 spiro atoms. The van der Waals surface area contributed by atoms with Gasteiger partial charge in [-0.25, -0.2) is 0 Å². The van der Waals surface area contributed by atoms with Crippen LogP contribution in [0.1, 0.15) is 18.4 Å². The standard InChI is InChI=1S/C15H23ClN2O/c16-15-5-3-14(4-6-15)13-18-8-1-7-17(10-11-18)9-2-12-19/h3-6,19H,1-2,7-13H2. The Morgan fingerprint density at radius 1 is 1.00 bits per heavy atom. The topological polar surface area (TPSA) is 26.7 Å². The number of nitrogens with zero attached hydrogens (tertiary/aromatic N) is 2. The minimum absolute atomic E-state index is 0.297. The van der Waals surface area contributed by atoms with Crippen LogP contribution < -0.4 is 0 Å². The first kappa shape index (κ1) is 14.8. The van der Waals surface area contributed by atoms with Gasteiger partial charge in [-0.3, -0.25) is 4.90 Å². The van der Waals surface area contributed by atoms with Crippen LogP contribution in [-0.2, 0) is 6.54 Å². The third-order valence-electron chi connectivity index (χ3n) is 3.63. The van der Waals surface area contributed by atoms with Gasteiger partial charge in [0.1, 0.15) is 0 Å². The molecule has 106 valence electrons. The minimum atomic E-state index is 0.297. The van der Waals surface area contributed by atoms with Crippen LogP contribution in [0.3, 0.4) is 0 Å². The Balaban J connectivity index is 1.80. The van der Waals surface area contributed by atoms with Crippen LogP contribution in [0.5, 0.6) is 0 Å². The van der Waals surface area contributed by atoms with Gasteiger partial charge in [-0.15, -0.1) is 0 Å². The summed E-state index contributed by atoms with van der Waals surface area (Å²) in [5.74, 6) is 0. The Morgan fingerprint density at radius 2 is 1.68 bits per heavy atom. The summed E-state index contributed by atoms with van der Waals surface area (Å²) in [5, 5.41) is 9.69. The fourth-order valence-electron chi connectivity index (χ4n) is 2.55. The van der Waals surface area contributed by atoms with E-state index in [1.165, 1.54) is 12.0 Å². The normalized spacial score (nSPS) is 18.4. The number of benzene rings is 1. The van der Waals surface area contributed by atoms with Crippen molar-refractivity contribution in [1.82, 2.24) is 9.80 Å². The van der Waals surface area contributed by atoms with Crippen LogP contribution in [0.2, 0.25) is 5.02 Å². The third kappa shape index (κ3) is 5.11. The summed E-state index contributed by atoms with van der Waals surface area (Å²) in [4.78, 5) is 4.96. The average molecular weight is 283 g/mol. The summed E-state index contributed by atoms with van der Waals surface area (Å²) < 4.78 is 0. The summed E-state index contributed by atoms with van der Waals surface area (Å²) in [5.41, 5.74) is 1.33. The monoisotopic (exact) mass is 282 g/mol. The number of halogens is 1. The van der Waals surface area contributed by atoms with Gasteiger partial charge >= 0.3 is 0 Å². The molecule has 19 heavy (non-hydrogen) atoms. The van der Waals surface area contributed by atoms with Gasteiger partial charge in [0.25, 0.3) is 0 Å². The molecule has 0 unspecified atom stereocenters. The lowest BCUT2D eigenvalue weighted by molar-refractivity contribution is 0.221. The Labute approximate surface area is 120 Å². The fraction of sp³-hybridized carbons (Fsp3) is 0.600. The van der Waals surface area contributed by atoms with E-state index in [4.69, 9.17) is 16.7 Å². The van der Waals surface area contributed by atoms with Crippen molar-refractivity contribution in [2.24, 2.45) is 0 Å². The van der Waals surface area contributed by atoms with Gasteiger partial charge in [0.05, 0.1) is 0 Å². The van der Waals surface area contributed by atoms with E-state index in [0.717, 1.165) is 50.7 Å². The van der Waals surface area contributed by atoms with Crippen LogP contribution in [0.15, 0.2) is 24.3 Å². The Morgan fingerprint density at radius 3 is 2.42 bits per heavy atom. The molecule has 1 aliphatic heterocycles. The van der Waals surface area contributed by atoms with Crippen LogP contribution in [0, 0.1) is 0 Å². The zero-order valence-electron chi connectivity index (χ0n) is 11.4. The van der Waals surface area contributed by atoms with E-state index in [0.29, 0.717) is 6.61 Å². The molecular weight excluding hydrogens is 260 g/mol. The van der Waals surface area contributed by atoms with Crippen molar-refractivity contribution in [2.45, 2.75) is 19.4 Å². The van der Waals surface area contributed by atoms with Crippen molar-refractivity contribution >= 4 is 11.6 Å². The lowest BCUT2D eigenvalue weighted by Crippen LogP contribution is -2.31. The molecule has 1 fully saturated rings. The maximum absolute atomic E-state index is 8.89. The first-order valence-corrected chi connectivity index (χ1v) is 7.46. The van der Waals surface area contributed by atoms with E-state index in [1.807, 2.05) is 12.1 Å². The van der Waals surface area contributed by atoms with Crippen molar-refractivity contribution < 1.29 is 5.11 Å². The molecule has 1 aliphatic rings. The fourth-order valence-corrected chi connectivity index (χ4v) is 2.67. The van der Waals surface area contributed by atoms with Crippen molar-refractivity contribution in [3.8, 4) is 0 Å². The van der Waals surface area contributed by atoms with Gasteiger partial charge < -0.3 is 10.0 Å². The van der Waals surface area contributed by atoms with Crippen LogP contribution in [0.4, 0.5) is 0 Å². The molecule has 1 heterocycles. The lowest BCUT2D eigenvalue weighted by Gasteiger charge is -2.21. The highest BCUT2D eigenvalue weighted by Crippen LogP contribution is 2.13. The Kier molecular flexibility index (Phi) is 6.11. The lowest BCUT2D eigenvalue weighted by atomic mass is 10.2. The molecule has 2 rings (SSSR count). The quantitative estimate of drug-likeness (QED) is 0.897. The van der Waals surface area contributed by atoms with Crippen molar-refractivity contribution in [1.29, 1.82) is 0 Å². The molecule has 1 aromatic rings. The van der Waals surface area contributed by atoms with E-state index in [1.54, 1.807) is 0 Å². The van der Waals surface area contributed by atoms with Gasteiger partial charge in [0.15, 0.2) is 0 Å². The van der Waals surface area contributed by atoms with Gasteiger partial charge in [-0.05, 0) is 43.6 Å². The second-order valence-corrected chi connectivity index (χ2v) is 5.61. The highest BCUT2D eigenvalue weighted by Gasteiger charge is 2.14. The van der Waals surface area contributed by atoms with Crippen LogP contribution in [-0.4, -0.2) is 54.2 Å². The summed E-state index contributed by atoms with van der Waals surface area (Å²) in [6, 6.07) is 8.14. The predicted octanol–water partition coefficient (Wildman–Crippen LogP) is 2.23. The second-order valence-electron chi connectivity index (χ2n) is 5.17. The maximum atomic E-state index is 8.89. The molecular formula is C15H23ClN2O. The second kappa shape index (κ2) is 7.85. The molecule has 0 atom stereocenters. The number of hydrogen-bond donors (Lipinski definition) is 1. The zero-order chi connectivity index (χ0) is 13.5. The van der Waals surface area contributed by atoms with Crippen molar-refractivity contribution in [2.75, 3.05) is 39.3 Å². The highest BCUT2D eigenvalue weighted by atomic mass is 35.5. The van der Waals surface area contributed by atoms with Crippen LogP contribution in [0.25, 0.3) is 0 Å². The Bertz CT molecular complexity index is 369. The van der Waals surface area contributed by atoms with E-state index >= 15 is 0 Å². The molecule has 1 saturated heterocycles. The molecule has 0 saturated carbocycles. The molecule has 0 aliphatic carbocycles. The SMILES string of the molecule is OCCCN1CCCN(Cc2ccc(Cl)cc2)CC1. The molecule has 0 amide bonds. The van der Waals surface area contributed by atoms with E-state index in [2.05, 4.69) is 21.9 Å². The molecule has 1 N–H and O–H groups in total. The highest BCUT2D eigenvalue weighted by molar-refractivity contribution is 6.30. The van der Waals surface area contributed by atoms with Gasteiger partial charge in [-0.1, -0.05) is 23.7 Å². The average Bonchev–Trinajstić information content (AvgIpc) is 2.64. The summed E-state index contributed by atoms with van der Waals surface area (Å²) in [6.45, 7) is 6.83. The van der Waals surface area contributed by atoms with E-state index in [9.17, 15) is 0 Å². The van der Waals surface area contributed by atoms with Crippen LogP contribution >= 0.6 is 11.6 Å². The van der Waals surface area contributed by atoms with Gasteiger partial charge in [0.2, 0.25) is 0 Å². The van der Waals surface area contributed by atoms with Crippen molar-refractivity contribution in [3.63, 3.8) is 0 Å². The molecule has 0 bridgehead atoms. The summed E-state index contributed by atoms with van der Waals surface area (Å²) in [6.07, 6.45) is 2.09. The Hall–Kier alpha value is -0.610. The zero-order valence-corrected chi connectivity index (χ0v) is 12.1. The largest absolute Gasteiger partial charge is 0.396 e. The van der Waals surface area contributed by atoms with E-state index < -0.39 is 0 Å². The first-order valence-electron chi connectivity index (χ1n) is 7.08. The smallest absolute Gasteiger partial charge is 0.0443 e. The molecule has 0 aromatic heterocycles. The minimum Gasteiger partial charge on any atom is -0.396 e. The summed E-state index contributed by atoms with van der Waals surface area (Å²) in [7, 11) is 0. The summed E-state index contributed by atoms with van der Waals surface area (Å²) >= 11 is 5.91. The van der Waals surface area contributed by atoms with E-state index in [-0.39, 0.29) is 0 Å². The number of rotatable bonds is 5. The van der Waals surface area contributed by atoms with Gasteiger partial charge in [0, 0.05) is 37.8 Å². The van der Waals surface area contributed by atoms with Gasteiger partial charge in [-0.2, -0.15) is 0 Å². The molecule has 4 heteroatoms. The molecule has 0 radical (unpaired) electrons. The molecule has 3 nitrogen and oxygen atoms in total. The van der Waals surface area contributed by atoms with Crippen molar-refractivity contribution in [3.05, 3.63) is 34.9 Å².